The molecule has 0 amide bonds. The van der Waals surface area contributed by atoms with Crippen molar-refractivity contribution in [2.45, 2.75) is 12.1 Å². The molecular formula is C6H9N3O5. The molecule has 0 spiro atoms. The highest BCUT2D eigenvalue weighted by Gasteiger charge is 2.32. The van der Waals surface area contributed by atoms with Crippen molar-refractivity contribution >= 4 is 11.9 Å². The van der Waals surface area contributed by atoms with Crippen molar-refractivity contribution in [1.82, 2.24) is 0 Å². The van der Waals surface area contributed by atoms with Crippen LogP contribution in [0.15, 0.2) is 5.11 Å². The molecule has 0 aliphatic heterocycles. The number of ether oxygens (including phenoxy) is 2. The average Bonchev–Trinajstić information content (AvgIpc) is 2.22. The van der Waals surface area contributed by atoms with Crippen LogP contribution < -0.4 is 0 Å². The topological polar surface area (TPSA) is 122 Å². The van der Waals surface area contributed by atoms with Gasteiger partial charge in [0, 0.05) is 4.91 Å². The van der Waals surface area contributed by atoms with Crippen LogP contribution in [0.1, 0.15) is 0 Å². The predicted octanol–water partition coefficient (Wildman–Crippen LogP) is -0.628. The minimum atomic E-state index is -1.86. The van der Waals surface area contributed by atoms with Crippen LogP contribution in [0.3, 0.4) is 0 Å². The standard InChI is InChI=1S/C6H9N3O5/c1-13-5(11)3(8-9-7)4(10)6(12)14-2/h3-4,10H,1-2H3/t3-,4+/m0/s1. The fourth-order valence-electron chi connectivity index (χ4n) is 0.665. The van der Waals surface area contributed by atoms with E-state index in [-0.39, 0.29) is 0 Å². The first-order valence-electron chi connectivity index (χ1n) is 3.46. The summed E-state index contributed by atoms with van der Waals surface area (Å²) in [6, 6.07) is -1.63. The van der Waals surface area contributed by atoms with Gasteiger partial charge in [-0.25, -0.2) is 4.79 Å². The Morgan fingerprint density at radius 1 is 1.36 bits per heavy atom. The number of aliphatic hydroxyl groups is 1. The number of esters is 2. The molecule has 0 heterocycles. The van der Waals surface area contributed by atoms with Crippen molar-refractivity contribution in [3.05, 3.63) is 10.4 Å². The molecule has 8 nitrogen and oxygen atoms in total. The Labute approximate surface area is 79.0 Å². The summed E-state index contributed by atoms with van der Waals surface area (Å²) in [5, 5.41) is 12.1. The van der Waals surface area contributed by atoms with Gasteiger partial charge in [-0.2, -0.15) is 0 Å². The van der Waals surface area contributed by atoms with Gasteiger partial charge in [-0.15, -0.1) is 0 Å². The van der Waals surface area contributed by atoms with Crippen molar-refractivity contribution in [3.63, 3.8) is 0 Å². The Morgan fingerprint density at radius 3 is 2.21 bits per heavy atom. The molecule has 0 aliphatic carbocycles. The highest BCUT2D eigenvalue weighted by Crippen LogP contribution is 2.04. The molecule has 0 aromatic rings. The van der Waals surface area contributed by atoms with Crippen molar-refractivity contribution in [2.24, 2.45) is 5.11 Å². The van der Waals surface area contributed by atoms with Gasteiger partial charge in [-0.05, 0) is 5.53 Å². The first-order valence-corrected chi connectivity index (χ1v) is 3.46. The molecule has 0 rings (SSSR count). The molecule has 0 saturated heterocycles. The summed E-state index contributed by atoms with van der Waals surface area (Å²) in [7, 11) is 2.06. The largest absolute Gasteiger partial charge is 0.469 e. The molecule has 2 atom stereocenters. The van der Waals surface area contributed by atoms with Gasteiger partial charge in [0.1, 0.15) is 0 Å². The van der Waals surface area contributed by atoms with E-state index in [0.29, 0.717) is 0 Å². The lowest BCUT2D eigenvalue weighted by Crippen LogP contribution is -2.39. The molecule has 0 aromatic heterocycles. The van der Waals surface area contributed by atoms with Crippen LogP contribution in [0.5, 0.6) is 0 Å². The maximum Gasteiger partial charge on any atom is 0.335 e. The van der Waals surface area contributed by atoms with Crippen LogP contribution in [0.4, 0.5) is 0 Å². The minimum absolute atomic E-state index is 1.01. The number of rotatable bonds is 4. The molecule has 0 unspecified atom stereocenters. The maximum absolute atomic E-state index is 10.9. The molecule has 0 aliphatic rings. The van der Waals surface area contributed by atoms with Gasteiger partial charge >= 0.3 is 11.9 Å². The van der Waals surface area contributed by atoms with Gasteiger partial charge < -0.3 is 14.6 Å². The summed E-state index contributed by atoms with van der Waals surface area (Å²) in [5.74, 6) is -2.09. The van der Waals surface area contributed by atoms with Gasteiger partial charge in [0.05, 0.1) is 14.2 Å². The SMILES string of the molecule is COC(=O)[C@@H](N=[N+]=[N-])[C@@H](O)C(=O)OC. The van der Waals surface area contributed by atoms with Crippen LogP contribution in [0.2, 0.25) is 0 Å². The van der Waals surface area contributed by atoms with Gasteiger partial charge in [-0.3, -0.25) is 4.79 Å². The molecule has 78 valence electrons. The molecule has 0 radical (unpaired) electrons. The van der Waals surface area contributed by atoms with Crippen molar-refractivity contribution in [2.75, 3.05) is 14.2 Å². The van der Waals surface area contributed by atoms with E-state index in [4.69, 9.17) is 10.6 Å². The van der Waals surface area contributed by atoms with E-state index >= 15 is 0 Å². The van der Waals surface area contributed by atoms with E-state index in [1.54, 1.807) is 0 Å². The Morgan fingerprint density at radius 2 is 1.86 bits per heavy atom. The van der Waals surface area contributed by atoms with Crippen LogP contribution in [-0.4, -0.2) is 43.4 Å². The summed E-state index contributed by atoms with van der Waals surface area (Å²) in [6.45, 7) is 0. The fraction of sp³-hybridized carbons (Fsp3) is 0.667. The van der Waals surface area contributed by atoms with Crippen molar-refractivity contribution in [3.8, 4) is 0 Å². The molecule has 0 aromatic carbocycles. The number of nitrogens with zero attached hydrogens (tertiary/aromatic N) is 3. The first-order chi connectivity index (χ1) is 6.58. The van der Waals surface area contributed by atoms with Crippen LogP contribution >= 0.6 is 0 Å². The summed E-state index contributed by atoms with van der Waals surface area (Å²) in [4.78, 5) is 24.0. The lowest BCUT2D eigenvalue weighted by molar-refractivity contribution is -0.158. The third-order valence-electron chi connectivity index (χ3n) is 1.36. The summed E-state index contributed by atoms with van der Waals surface area (Å²) < 4.78 is 8.36. The van der Waals surface area contributed by atoms with E-state index in [1.165, 1.54) is 0 Å². The van der Waals surface area contributed by atoms with Crippen molar-refractivity contribution in [1.29, 1.82) is 0 Å². The van der Waals surface area contributed by atoms with E-state index in [1.807, 2.05) is 0 Å². The zero-order valence-corrected chi connectivity index (χ0v) is 7.58. The molecule has 14 heavy (non-hydrogen) atoms. The quantitative estimate of drug-likeness (QED) is 0.282. The maximum atomic E-state index is 10.9. The second kappa shape index (κ2) is 5.79. The summed E-state index contributed by atoms with van der Waals surface area (Å²) in [6.07, 6.45) is -1.86. The predicted molar refractivity (Wildman–Crippen MR) is 43.0 cm³/mol. The fourth-order valence-corrected chi connectivity index (χ4v) is 0.665. The first kappa shape index (κ1) is 12.2. The smallest absolute Gasteiger partial charge is 0.335 e. The van der Waals surface area contributed by atoms with E-state index in [2.05, 4.69) is 19.5 Å². The Hall–Kier alpha value is -1.79. The monoisotopic (exact) mass is 203 g/mol. The molecule has 0 bridgehead atoms. The molecule has 8 heteroatoms. The third-order valence-corrected chi connectivity index (χ3v) is 1.36. The van der Waals surface area contributed by atoms with Crippen LogP contribution in [0.25, 0.3) is 10.4 Å². The zero-order chi connectivity index (χ0) is 11.1. The number of aliphatic hydroxyl groups excluding tert-OH is 1. The normalized spacial score (nSPS) is 13.4. The Balaban J connectivity index is 4.73. The number of carbonyl (C=O) groups is 2. The van der Waals surface area contributed by atoms with Crippen LogP contribution in [-0.2, 0) is 19.1 Å². The van der Waals surface area contributed by atoms with E-state index < -0.39 is 24.1 Å². The highest BCUT2D eigenvalue weighted by atomic mass is 16.5. The van der Waals surface area contributed by atoms with Gasteiger partial charge in [0.2, 0.25) is 0 Å². The Bertz CT molecular complexity index is 273. The van der Waals surface area contributed by atoms with Gasteiger partial charge in [-0.1, -0.05) is 5.11 Å². The number of hydrogen-bond donors (Lipinski definition) is 1. The lowest BCUT2D eigenvalue weighted by Gasteiger charge is -2.13. The number of hydrogen-bond acceptors (Lipinski definition) is 6. The van der Waals surface area contributed by atoms with Crippen molar-refractivity contribution < 1.29 is 24.2 Å². The lowest BCUT2D eigenvalue weighted by atomic mass is 10.2. The van der Waals surface area contributed by atoms with Gasteiger partial charge in [0.25, 0.3) is 0 Å². The van der Waals surface area contributed by atoms with E-state index in [0.717, 1.165) is 14.2 Å². The molecule has 0 fully saturated rings. The molecule has 1 N–H and O–H groups in total. The second-order valence-corrected chi connectivity index (χ2v) is 2.14. The molecular weight excluding hydrogens is 194 g/mol. The average molecular weight is 203 g/mol. The summed E-state index contributed by atoms with van der Waals surface area (Å²) in [5.41, 5.74) is 8.07. The number of methoxy groups -OCH3 is 2. The summed E-state index contributed by atoms with van der Waals surface area (Å²) >= 11 is 0. The highest BCUT2D eigenvalue weighted by molar-refractivity contribution is 5.86. The second-order valence-electron chi connectivity index (χ2n) is 2.14. The van der Waals surface area contributed by atoms with Crippen LogP contribution in [0, 0.1) is 0 Å². The van der Waals surface area contributed by atoms with E-state index in [9.17, 15) is 9.59 Å². The number of carbonyl (C=O) groups excluding carboxylic acids is 2. The third kappa shape index (κ3) is 2.92. The molecule has 0 saturated carbocycles. The van der Waals surface area contributed by atoms with Gasteiger partial charge in [0.15, 0.2) is 12.1 Å². The zero-order valence-electron chi connectivity index (χ0n) is 7.58. The number of azide groups is 1. The Kier molecular flexibility index (Phi) is 5.05. The minimum Gasteiger partial charge on any atom is -0.469 e.